The first kappa shape index (κ1) is 15.6. The summed E-state index contributed by atoms with van der Waals surface area (Å²) >= 11 is 4.67. The zero-order valence-electron chi connectivity index (χ0n) is 9.91. The van der Waals surface area contributed by atoms with Gasteiger partial charge in [-0.1, -0.05) is 0 Å². The van der Waals surface area contributed by atoms with Crippen molar-refractivity contribution in [2.24, 2.45) is 0 Å². The summed E-state index contributed by atoms with van der Waals surface area (Å²) in [6.07, 6.45) is -0.730. The predicted octanol–water partition coefficient (Wildman–Crippen LogP) is 4.68. The molecule has 0 atom stereocenters. The molecule has 1 aromatic carbocycles. The predicted molar refractivity (Wildman–Crippen MR) is 76.6 cm³/mol. The van der Waals surface area contributed by atoms with Crippen LogP contribution < -0.4 is 5.32 Å². The summed E-state index contributed by atoms with van der Waals surface area (Å²) in [4.78, 5) is 11.6. The molecule has 1 N–H and O–H groups in total. The van der Waals surface area contributed by atoms with Crippen molar-refractivity contribution in [2.75, 3.05) is 5.32 Å². The number of hydrogen-bond donors (Lipinski definition) is 1. The van der Waals surface area contributed by atoms with Gasteiger partial charge in [0.05, 0.1) is 9.26 Å². The molecule has 0 aliphatic heterocycles. The molecule has 0 saturated carbocycles. The first-order chi connectivity index (χ1) is 8.11. The van der Waals surface area contributed by atoms with Crippen LogP contribution in [0.5, 0.6) is 0 Å². The van der Waals surface area contributed by atoms with E-state index in [0.29, 0.717) is 0 Å². The van der Waals surface area contributed by atoms with Crippen molar-refractivity contribution >= 4 is 50.3 Å². The average molecular weight is 434 g/mol. The van der Waals surface area contributed by atoms with Crippen LogP contribution in [0.15, 0.2) is 10.5 Å². The van der Waals surface area contributed by atoms with E-state index in [4.69, 9.17) is 4.74 Å². The second kappa shape index (κ2) is 5.68. The molecular weight excluding hydrogens is 423 g/mol. The third-order valence-electron chi connectivity index (χ3n) is 1.74. The summed E-state index contributed by atoms with van der Waals surface area (Å²) < 4.78 is 31.7. The van der Waals surface area contributed by atoms with E-state index in [-0.39, 0.29) is 13.7 Å². The first-order valence-electron chi connectivity index (χ1n) is 4.95. The van der Waals surface area contributed by atoms with Gasteiger partial charge in [0.15, 0.2) is 11.6 Å². The number of nitrogens with one attached hydrogen (secondary N) is 1. The van der Waals surface area contributed by atoms with Crippen LogP contribution in [0.3, 0.4) is 0 Å². The first-order valence-corrected chi connectivity index (χ1v) is 6.82. The van der Waals surface area contributed by atoms with Crippen LogP contribution in [0.2, 0.25) is 0 Å². The van der Waals surface area contributed by atoms with Crippen LogP contribution in [0.4, 0.5) is 19.3 Å². The maximum atomic E-state index is 13.4. The van der Waals surface area contributed by atoms with Crippen molar-refractivity contribution in [3.63, 3.8) is 0 Å². The van der Waals surface area contributed by atoms with Crippen LogP contribution in [0, 0.1) is 15.2 Å². The number of benzene rings is 1. The average Bonchev–Trinajstić information content (AvgIpc) is 2.19. The highest BCUT2D eigenvalue weighted by atomic mass is 127. The lowest BCUT2D eigenvalue weighted by Crippen LogP contribution is -2.27. The Labute approximate surface area is 126 Å². The Hall–Kier alpha value is -0.440. The Balaban J connectivity index is 2.99. The number of anilines is 1. The van der Waals surface area contributed by atoms with Gasteiger partial charge in [-0.15, -0.1) is 0 Å². The Morgan fingerprint density at radius 2 is 2.00 bits per heavy atom. The van der Waals surface area contributed by atoms with Crippen LogP contribution >= 0.6 is 38.5 Å². The summed E-state index contributed by atoms with van der Waals surface area (Å²) in [6.45, 7) is 5.12. The zero-order chi connectivity index (χ0) is 14.1. The minimum Gasteiger partial charge on any atom is -0.444 e. The summed E-state index contributed by atoms with van der Waals surface area (Å²) in [6, 6.07) is 0.949. The van der Waals surface area contributed by atoms with E-state index in [0.717, 1.165) is 6.07 Å². The van der Waals surface area contributed by atoms with E-state index in [1.54, 1.807) is 43.4 Å². The van der Waals surface area contributed by atoms with E-state index < -0.39 is 23.3 Å². The van der Waals surface area contributed by atoms with Gasteiger partial charge in [0, 0.05) is 4.47 Å². The molecule has 3 nitrogen and oxygen atoms in total. The molecule has 7 heteroatoms. The Morgan fingerprint density at radius 3 is 2.50 bits per heavy atom. The Bertz CT molecular complexity index is 489. The van der Waals surface area contributed by atoms with Gasteiger partial charge in [0.25, 0.3) is 0 Å². The second-order valence-corrected chi connectivity index (χ2v) is 6.40. The molecule has 0 unspecified atom stereocenters. The fourth-order valence-corrected chi connectivity index (χ4v) is 2.64. The number of hydrogen-bond acceptors (Lipinski definition) is 2. The molecule has 0 aromatic heterocycles. The van der Waals surface area contributed by atoms with Crippen LogP contribution in [-0.2, 0) is 4.74 Å². The summed E-state index contributed by atoms with van der Waals surface area (Å²) in [7, 11) is 0. The standard InChI is InChI=1S/C11H11BrF2INO2/c1-11(2,3)18-10(17)16-9-5(12)4-6(13)7(14)8(9)15/h4H,1-3H3,(H,16,17). The lowest BCUT2D eigenvalue weighted by Gasteiger charge is -2.20. The number of ether oxygens (including phenoxy) is 1. The normalized spacial score (nSPS) is 11.3. The van der Waals surface area contributed by atoms with Crippen molar-refractivity contribution in [3.8, 4) is 0 Å². The van der Waals surface area contributed by atoms with Crippen molar-refractivity contribution in [3.05, 3.63) is 25.7 Å². The van der Waals surface area contributed by atoms with Crippen molar-refractivity contribution in [1.29, 1.82) is 0 Å². The molecule has 0 fully saturated rings. The topological polar surface area (TPSA) is 38.3 Å². The third kappa shape index (κ3) is 4.04. The summed E-state index contributed by atoms with van der Waals surface area (Å²) in [5, 5.41) is 2.38. The van der Waals surface area contributed by atoms with Gasteiger partial charge in [-0.05, 0) is 65.4 Å². The zero-order valence-corrected chi connectivity index (χ0v) is 13.6. The van der Waals surface area contributed by atoms with Crippen LogP contribution in [0.1, 0.15) is 20.8 Å². The minimum atomic E-state index is -1.01. The molecule has 0 aliphatic carbocycles. The molecule has 0 saturated heterocycles. The molecular formula is C11H11BrF2INO2. The van der Waals surface area contributed by atoms with Gasteiger partial charge in [-0.25, -0.2) is 13.6 Å². The van der Waals surface area contributed by atoms with Crippen LogP contribution in [0.25, 0.3) is 0 Å². The fraction of sp³-hybridized carbons (Fsp3) is 0.364. The Kier molecular flexibility index (Phi) is 4.93. The highest BCUT2D eigenvalue weighted by Crippen LogP contribution is 2.32. The van der Waals surface area contributed by atoms with E-state index >= 15 is 0 Å². The van der Waals surface area contributed by atoms with Gasteiger partial charge in [0.2, 0.25) is 0 Å². The maximum Gasteiger partial charge on any atom is 0.412 e. The molecule has 18 heavy (non-hydrogen) atoms. The fourth-order valence-electron chi connectivity index (χ4n) is 1.09. The Morgan fingerprint density at radius 1 is 1.44 bits per heavy atom. The van der Waals surface area contributed by atoms with E-state index in [9.17, 15) is 13.6 Å². The number of halogens is 4. The van der Waals surface area contributed by atoms with E-state index in [1.165, 1.54) is 0 Å². The molecule has 0 heterocycles. The quantitative estimate of drug-likeness (QED) is 0.396. The van der Waals surface area contributed by atoms with Gasteiger partial charge in [0.1, 0.15) is 5.60 Å². The van der Waals surface area contributed by atoms with Gasteiger partial charge >= 0.3 is 6.09 Å². The molecule has 100 valence electrons. The largest absolute Gasteiger partial charge is 0.444 e. The van der Waals surface area contributed by atoms with E-state index in [2.05, 4.69) is 21.2 Å². The smallest absolute Gasteiger partial charge is 0.412 e. The van der Waals surface area contributed by atoms with Crippen molar-refractivity contribution in [2.45, 2.75) is 26.4 Å². The highest BCUT2D eigenvalue weighted by molar-refractivity contribution is 14.1. The maximum absolute atomic E-state index is 13.4. The highest BCUT2D eigenvalue weighted by Gasteiger charge is 2.21. The number of amides is 1. The van der Waals surface area contributed by atoms with E-state index in [1.807, 2.05) is 0 Å². The molecule has 0 spiro atoms. The molecule has 1 rings (SSSR count). The summed E-state index contributed by atoms with van der Waals surface area (Å²) in [5.74, 6) is -1.99. The number of carbonyl (C=O) groups excluding carboxylic acids is 1. The molecule has 1 amide bonds. The molecule has 0 radical (unpaired) electrons. The lowest BCUT2D eigenvalue weighted by atomic mass is 10.2. The SMILES string of the molecule is CC(C)(C)OC(=O)Nc1c(Br)cc(F)c(F)c1I. The molecule has 0 bridgehead atoms. The second-order valence-electron chi connectivity index (χ2n) is 4.47. The van der Waals surface area contributed by atoms with Gasteiger partial charge in [-0.3, -0.25) is 5.32 Å². The van der Waals surface area contributed by atoms with Crippen molar-refractivity contribution in [1.82, 2.24) is 0 Å². The van der Waals surface area contributed by atoms with Gasteiger partial charge < -0.3 is 4.74 Å². The van der Waals surface area contributed by atoms with Gasteiger partial charge in [-0.2, -0.15) is 0 Å². The van der Waals surface area contributed by atoms with Crippen LogP contribution in [-0.4, -0.2) is 11.7 Å². The number of carbonyl (C=O) groups is 1. The summed E-state index contributed by atoms with van der Waals surface area (Å²) in [5.41, 5.74) is -0.524. The third-order valence-corrected chi connectivity index (χ3v) is 3.38. The molecule has 0 aliphatic rings. The number of rotatable bonds is 1. The lowest BCUT2D eigenvalue weighted by molar-refractivity contribution is 0.0635. The molecule has 1 aromatic rings. The minimum absolute atomic E-state index is 0.0228. The van der Waals surface area contributed by atoms with Crippen molar-refractivity contribution < 1.29 is 18.3 Å². The monoisotopic (exact) mass is 433 g/mol.